The fourth-order valence-electron chi connectivity index (χ4n) is 2.07. The zero-order chi connectivity index (χ0) is 16.5. The summed E-state index contributed by atoms with van der Waals surface area (Å²) in [7, 11) is 0. The Morgan fingerprint density at radius 3 is 1.82 bits per heavy atom. The third-order valence-corrected chi connectivity index (χ3v) is 3.31. The Bertz CT molecular complexity index is 479. The fourth-order valence-corrected chi connectivity index (χ4v) is 2.07. The minimum atomic E-state index is -0.0275. The normalized spacial score (nSPS) is 10.8. The molecule has 0 fully saturated rings. The fraction of sp³-hybridized carbons (Fsp3) is 0.529. The molecule has 0 saturated carbocycles. The zero-order valence-electron chi connectivity index (χ0n) is 14.0. The second-order valence-electron chi connectivity index (χ2n) is 5.73. The largest absolute Gasteiger partial charge is 0.326 e. The Balaban J connectivity index is 2.51. The van der Waals surface area contributed by atoms with Gasteiger partial charge in [-0.3, -0.25) is 14.5 Å². The predicted molar refractivity (Wildman–Crippen MR) is 90.9 cm³/mol. The van der Waals surface area contributed by atoms with Crippen LogP contribution in [0.5, 0.6) is 0 Å². The van der Waals surface area contributed by atoms with Crippen molar-refractivity contribution in [3.05, 3.63) is 24.3 Å². The molecule has 1 rings (SSSR count). The van der Waals surface area contributed by atoms with Crippen molar-refractivity contribution in [1.29, 1.82) is 0 Å². The van der Waals surface area contributed by atoms with Gasteiger partial charge >= 0.3 is 0 Å². The van der Waals surface area contributed by atoms with E-state index < -0.39 is 0 Å². The maximum Gasteiger partial charge on any atom is 0.238 e. The lowest BCUT2D eigenvalue weighted by atomic mass is 10.1. The molecule has 1 aromatic rings. The summed E-state index contributed by atoms with van der Waals surface area (Å²) in [6, 6.07) is 7.19. The first kappa shape index (κ1) is 18.2. The second-order valence-corrected chi connectivity index (χ2v) is 5.73. The number of hydrogen-bond acceptors (Lipinski definition) is 3. The van der Waals surface area contributed by atoms with Gasteiger partial charge in [-0.25, -0.2) is 0 Å². The summed E-state index contributed by atoms with van der Waals surface area (Å²) < 4.78 is 0. The molecular formula is C17H27N3O2. The van der Waals surface area contributed by atoms with Gasteiger partial charge in [-0.15, -0.1) is 0 Å². The van der Waals surface area contributed by atoms with Crippen LogP contribution in [0.2, 0.25) is 0 Å². The minimum absolute atomic E-state index is 0.00770. The predicted octanol–water partition coefficient (Wildman–Crippen LogP) is 2.95. The maximum atomic E-state index is 11.9. The van der Waals surface area contributed by atoms with Gasteiger partial charge in [-0.1, -0.05) is 27.7 Å². The van der Waals surface area contributed by atoms with E-state index in [-0.39, 0.29) is 11.8 Å². The van der Waals surface area contributed by atoms with Gasteiger partial charge in [0.2, 0.25) is 11.8 Å². The molecule has 1 aromatic carbocycles. The van der Waals surface area contributed by atoms with Gasteiger partial charge in [-0.2, -0.15) is 0 Å². The molecule has 0 radical (unpaired) electrons. The quantitative estimate of drug-likeness (QED) is 0.776. The molecule has 0 aliphatic rings. The number of hydrogen-bond donors (Lipinski definition) is 2. The highest BCUT2D eigenvalue weighted by atomic mass is 16.2. The smallest absolute Gasteiger partial charge is 0.238 e. The molecule has 0 atom stereocenters. The van der Waals surface area contributed by atoms with Crippen molar-refractivity contribution < 1.29 is 9.59 Å². The van der Waals surface area contributed by atoms with Crippen LogP contribution in [0, 0.1) is 5.92 Å². The van der Waals surface area contributed by atoms with E-state index in [0.29, 0.717) is 18.9 Å². The SMILES string of the molecule is CCN(CC)CC(=O)Nc1ccc(NC(=O)CC(C)C)cc1. The number of carbonyl (C=O) groups is 2. The number of likely N-dealkylation sites (N-methyl/N-ethyl adjacent to an activating group) is 1. The van der Waals surface area contributed by atoms with Crippen molar-refractivity contribution in [3.63, 3.8) is 0 Å². The molecule has 0 bridgehead atoms. The van der Waals surface area contributed by atoms with E-state index in [9.17, 15) is 9.59 Å². The van der Waals surface area contributed by atoms with Crippen LogP contribution in [0.15, 0.2) is 24.3 Å². The molecule has 5 nitrogen and oxygen atoms in total. The van der Waals surface area contributed by atoms with Crippen molar-refractivity contribution in [2.75, 3.05) is 30.3 Å². The van der Waals surface area contributed by atoms with Crippen LogP contribution in [0.4, 0.5) is 11.4 Å². The first-order valence-corrected chi connectivity index (χ1v) is 7.86. The molecule has 0 aliphatic carbocycles. The number of benzene rings is 1. The number of anilines is 2. The highest BCUT2D eigenvalue weighted by Crippen LogP contribution is 2.14. The standard InChI is InChI=1S/C17H27N3O2/c1-5-20(6-2)12-17(22)19-15-9-7-14(8-10-15)18-16(21)11-13(3)4/h7-10,13H,5-6,11-12H2,1-4H3,(H,18,21)(H,19,22). The molecule has 0 saturated heterocycles. The third-order valence-electron chi connectivity index (χ3n) is 3.31. The first-order chi connectivity index (χ1) is 10.4. The van der Waals surface area contributed by atoms with E-state index in [0.717, 1.165) is 24.5 Å². The van der Waals surface area contributed by atoms with Crippen LogP contribution in [-0.2, 0) is 9.59 Å². The average molecular weight is 305 g/mol. The lowest BCUT2D eigenvalue weighted by Gasteiger charge is -2.17. The number of nitrogens with one attached hydrogen (secondary N) is 2. The Morgan fingerprint density at radius 1 is 0.955 bits per heavy atom. The van der Waals surface area contributed by atoms with E-state index in [1.54, 1.807) is 24.3 Å². The average Bonchev–Trinajstić information content (AvgIpc) is 2.46. The van der Waals surface area contributed by atoms with Gasteiger partial charge < -0.3 is 10.6 Å². The van der Waals surface area contributed by atoms with Gasteiger partial charge in [0.25, 0.3) is 0 Å². The Morgan fingerprint density at radius 2 is 1.41 bits per heavy atom. The van der Waals surface area contributed by atoms with Crippen molar-refractivity contribution in [3.8, 4) is 0 Å². The van der Waals surface area contributed by atoms with E-state index in [1.807, 2.05) is 27.7 Å². The molecule has 0 unspecified atom stereocenters. The summed E-state index contributed by atoms with van der Waals surface area (Å²) in [5, 5.41) is 5.70. The molecule has 0 aliphatic heterocycles. The monoisotopic (exact) mass is 305 g/mol. The van der Waals surface area contributed by atoms with Crippen molar-refractivity contribution in [1.82, 2.24) is 4.90 Å². The van der Waals surface area contributed by atoms with E-state index in [1.165, 1.54) is 0 Å². The molecule has 5 heteroatoms. The highest BCUT2D eigenvalue weighted by molar-refractivity contribution is 5.93. The summed E-state index contributed by atoms with van der Waals surface area (Å²) >= 11 is 0. The summed E-state index contributed by atoms with van der Waals surface area (Å²) in [6.45, 7) is 10.2. The third kappa shape index (κ3) is 6.72. The molecule has 2 N–H and O–H groups in total. The number of nitrogens with zero attached hydrogens (tertiary/aromatic N) is 1. The first-order valence-electron chi connectivity index (χ1n) is 7.86. The molecule has 0 heterocycles. The van der Waals surface area contributed by atoms with E-state index in [2.05, 4.69) is 15.5 Å². The second kappa shape index (κ2) is 9.20. The van der Waals surface area contributed by atoms with Gasteiger partial charge in [0.1, 0.15) is 0 Å². The topological polar surface area (TPSA) is 61.4 Å². The van der Waals surface area contributed by atoms with Crippen LogP contribution in [-0.4, -0.2) is 36.3 Å². The van der Waals surface area contributed by atoms with Gasteiger partial charge in [-0.05, 0) is 43.3 Å². The summed E-state index contributed by atoms with van der Waals surface area (Å²) in [6.07, 6.45) is 0.502. The van der Waals surface area contributed by atoms with Crippen LogP contribution in [0.1, 0.15) is 34.1 Å². The lowest BCUT2D eigenvalue weighted by Crippen LogP contribution is -2.32. The van der Waals surface area contributed by atoms with Gasteiger partial charge in [0.15, 0.2) is 0 Å². The van der Waals surface area contributed by atoms with Crippen molar-refractivity contribution >= 4 is 23.2 Å². The zero-order valence-corrected chi connectivity index (χ0v) is 14.0. The number of rotatable bonds is 8. The van der Waals surface area contributed by atoms with Crippen LogP contribution < -0.4 is 10.6 Å². The van der Waals surface area contributed by atoms with Crippen molar-refractivity contribution in [2.45, 2.75) is 34.1 Å². The lowest BCUT2D eigenvalue weighted by molar-refractivity contribution is -0.117. The Labute approximate surface area is 133 Å². The molecule has 122 valence electrons. The minimum Gasteiger partial charge on any atom is -0.326 e. The molecule has 2 amide bonds. The summed E-state index contributed by atoms with van der Waals surface area (Å²) in [4.78, 5) is 25.6. The summed E-state index contributed by atoms with van der Waals surface area (Å²) in [5.41, 5.74) is 1.48. The van der Waals surface area contributed by atoms with Gasteiger partial charge in [0, 0.05) is 17.8 Å². The van der Waals surface area contributed by atoms with Crippen LogP contribution in [0.3, 0.4) is 0 Å². The van der Waals surface area contributed by atoms with Crippen molar-refractivity contribution in [2.24, 2.45) is 5.92 Å². The van der Waals surface area contributed by atoms with E-state index in [4.69, 9.17) is 0 Å². The van der Waals surface area contributed by atoms with Gasteiger partial charge in [0.05, 0.1) is 6.54 Å². The maximum absolute atomic E-state index is 11.9. The van der Waals surface area contributed by atoms with Crippen LogP contribution in [0.25, 0.3) is 0 Å². The number of carbonyl (C=O) groups excluding carboxylic acids is 2. The van der Waals surface area contributed by atoms with E-state index >= 15 is 0 Å². The molecule has 22 heavy (non-hydrogen) atoms. The highest BCUT2D eigenvalue weighted by Gasteiger charge is 2.08. The Kier molecular flexibility index (Phi) is 7.60. The Hall–Kier alpha value is -1.88. The molecule has 0 aromatic heterocycles. The summed E-state index contributed by atoms with van der Waals surface area (Å²) in [5.74, 6) is 0.312. The number of amides is 2. The van der Waals surface area contributed by atoms with Crippen LogP contribution >= 0.6 is 0 Å². The molecule has 0 spiro atoms. The molecular weight excluding hydrogens is 278 g/mol.